The van der Waals surface area contributed by atoms with Crippen molar-refractivity contribution in [1.29, 1.82) is 0 Å². The molecule has 0 aromatic carbocycles. The van der Waals surface area contributed by atoms with Crippen LogP contribution in [-0.2, 0) is 9.84 Å². The second-order valence-electron chi connectivity index (χ2n) is 3.50. The van der Waals surface area contributed by atoms with E-state index in [0.717, 1.165) is 0 Å². The van der Waals surface area contributed by atoms with Crippen LogP contribution in [0.2, 0.25) is 0 Å². The van der Waals surface area contributed by atoms with E-state index in [-0.39, 0.29) is 0 Å². The van der Waals surface area contributed by atoms with Gasteiger partial charge in [0.25, 0.3) is 9.84 Å². The fourth-order valence-corrected chi connectivity index (χ4v) is 1.98. The highest BCUT2D eigenvalue weighted by Gasteiger charge is 2.84. The molecular formula is C6H3F11O2S. The smallest absolute Gasteiger partial charge is 0.216 e. The van der Waals surface area contributed by atoms with Crippen LogP contribution in [0.1, 0.15) is 6.92 Å². The Balaban J connectivity index is 6.25. The number of hydrogen-bond acceptors (Lipinski definition) is 2. The molecule has 0 aliphatic heterocycles. The number of alkyl halides is 11. The molecule has 0 aliphatic carbocycles. The lowest BCUT2D eigenvalue weighted by molar-refractivity contribution is -0.333. The van der Waals surface area contributed by atoms with Crippen molar-refractivity contribution in [2.75, 3.05) is 0 Å². The Bertz CT molecular complexity index is 468. The maximum Gasteiger partial charge on any atom is 0.461 e. The lowest BCUT2D eigenvalue weighted by atomic mass is 10.3. The Morgan fingerprint density at radius 2 is 0.950 bits per heavy atom. The second kappa shape index (κ2) is 4.34. The summed E-state index contributed by atoms with van der Waals surface area (Å²) in [6.45, 7) is -0.938. The molecule has 0 atom stereocenters. The van der Waals surface area contributed by atoms with E-state index in [1.54, 1.807) is 0 Å². The van der Waals surface area contributed by atoms with Crippen LogP contribution < -0.4 is 0 Å². The predicted octanol–water partition coefficient (Wildman–Crippen LogP) is 3.44. The van der Waals surface area contributed by atoms with Gasteiger partial charge in [0.2, 0.25) is 0 Å². The summed E-state index contributed by atoms with van der Waals surface area (Å²) in [5.41, 5.74) is 0. The summed E-state index contributed by atoms with van der Waals surface area (Å²) in [7, 11) is -8.22. The molecule has 0 aliphatic rings. The molecule has 0 aromatic heterocycles. The van der Waals surface area contributed by atoms with E-state index in [0.29, 0.717) is 0 Å². The zero-order valence-corrected chi connectivity index (χ0v) is 9.70. The molecule has 0 heterocycles. The highest BCUT2D eigenvalue weighted by atomic mass is 32.2. The molecular weight excluding hydrogens is 345 g/mol. The van der Waals surface area contributed by atoms with E-state index < -0.39 is 45.3 Å². The Labute approximate surface area is 103 Å². The van der Waals surface area contributed by atoms with Crippen LogP contribution >= 0.6 is 0 Å². The molecule has 0 bridgehead atoms. The third-order valence-electron chi connectivity index (χ3n) is 1.91. The molecule has 0 aromatic rings. The van der Waals surface area contributed by atoms with Crippen LogP contribution in [0, 0.1) is 0 Å². The summed E-state index contributed by atoms with van der Waals surface area (Å²) in [6, 6.07) is 0. The summed E-state index contributed by atoms with van der Waals surface area (Å²) in [5.74, 6) is -13.3. The fourth-order valence-electron chi connectivity index (χ4n) is 0.731. The van der Waals surface area contributed by atoms with Gasteiger partial charge >= 0.3 is 28.5 Å². The zero-order valence-electron chi connectivity index (χ0n) is 8.88. The van der Waals surface area contributed by atoms with Crippen molar-refractivity contribution in [3.8, 4) is 0 Å². The lowest BCUT2D eigenvalue weighted by Gasteiger charge is -2.32. The van der Waals surface area contributed by atoms with Crippen molar-refractivity contribution in [3.05, 3.63) is 0 Å². The van der Waals surface area contributed by atoms with Gasteiger partial charge in [-0.3, -0.25) is 0 Å². The average Bonchev–Trinajstić information content (AvgIpc) is 2.12. The minimum absolute atomic E-state index is 0.938. The van der Waals surface area contributed by atoms with Crippen LogP contribution in [0.15, 0.2) is 0 Å². The molecule has 20 heavy (non-hydrogen) atoms. The van der Waals surface area contributed by atoms with Gasteiger partial charge in [-0.1, -0.05) is 0 Å². The maximum absolute atomic E-state index is 12.6. The third-order valence-corrected chi connectivity index (χ3v) is 3.87. The monoisotopic (exact) mass is 348 g/mol. The molecule has 0 saturated carbocycles. The van der Waals surface area contributed by atoms with E-state index in [2.05, 4.69) is 0 Å². The number of halogens is 11. The van der Waals surface area contributed by atoms with Crippen molar-refractivity contribution in [2.24, 2.45) is 0 Å². The number of rotatable bonds is 4. The van der Waals surface area contributed by atoms with Gasteiger partial charge in [-0.15, -0.1) is 0 Å². The van der Waals surface area contributed by atoms with Gasteiger partial charge in [0.05, 0.1) is 0 Å². The molecule has 0 saturated heterocycles. The molecule has 0 amide bonds. The van der Waals surface area contributed by atoms with Crippen molar-refractivity contribution in [2.45, 2.75) is 35.5 Å². The van der Waals surface area contributed by atoms with E-state index >= 15 is 0 Å². The first-order valence-electron chi connectivity index (χ1n) is 4.07. The molecule has 0 rings (SSSR count). The molecule has 0 fully saturated rings. The van der Waals surface area contributed by atoms with Crippen LogP contribution in [0.25, 0.3) is 0 Å². The summed E-state index contributed by atoms with van der Waals surface area (Å²) >= 11 is 0. The van der Waals surface area contributed by atoms with Gasteiger partial charge in [-0.05, 0) is 0 Å². The molecule has 0 radical (unpaired) electrons. The Morgan fingerprint density at radius 1 is 0.650 bits per heavy atom. The Kier molecular flexibility index (Phi) is 4.16. The average molecular weight is 348 g/mol. The van der Waals surface area contributed by atoms with Gasteiger partial charge in [0.15, 0.2) is 0 Å². The van der Waals surface area contributed by atoms with Crippen LogP contribution in [0.5, 0.6) is 0 Å². The van der Waals surface area contributed by atoms with E-state index in [9.17, 15) is 56.7 Å². The summed E-state index contributed by atoms with van der Waals surface area (Å²) in [6.07, 6.45) is -7.26. The fraction of sp³-hybridized carbons (Fsp3) is 1.00. The van der Waals surface area contributed by atoms with Gasteiger partial charge in [0.1, 0.15) is 0 Å². The lowest BCUT2D eigenvalue weighted by Crippen LogP contribution is -2.62. The first-order valence-corrected chi connectivity index (χ1v) is 5.55. The summed E-state index contributed by atoms with van der Waals surface area (Å²) in [4.78, 5) is 0. The largest absolute Gasteiger partial charge is 0.461 e. The Morgan fingerprint density at radius 3 is 1.15 bits per heavy atom. The van der Waals surface area contributed by atoms with E-state index in [1.807, 2.05) is 0 Å². The molecule has 0 spiro atoms. The van der Waals surface area contributed by atoms with E-state index in [4.69, 9.17) is 0 Å². The highest BCUT2D eigenvalue weighted by molar-refractivity contribution is 7.93. The zero-order chi connectivity index (χ0) is 17.0. The second-order valence-corrected chi connectivity index (χ2v) is 5.53. The quantitative estimate of drug-likeness (QED) is 0.730. The number of sulfone groups is 1. The molecule has 2 nitrogen and oxygen atoms in total. The number of hydrogen-bond donors (Lipinski definition) is 0. The molecule has 14 heteroatoms. The third kappa shape index (κ3) is 2.30. The minimum Gasteiger partial charge on any atom is -0.216 e. The standard InChI is InChI=1S/C6H3F11O2S/c1-2(7,8)5(14,15)20(18,19)6(16,17)3(9,10)4(11,12)13/h1H3. The minimum atomic E-state index is -8.22. The van der Waals surface area contributed by atoms with Gasteiger partial charge in [-0.25, -0.2) is 8.42 Å². The molecule has 0 N–H and O–H groups in total. The Hall–Kier alpha value is -0.820. The summed E-state index contributed by atoms with van der Waals surface area (Å²) < 4.78 is 155. The SMILES string of the molecule is CC(F)(F)C(F)(F)S(=O)(=O)C(F)(F)C(F)(F)C(F)(F)F. The predicted molar refractivity (Wildman–Crippen MR) is 40.4 cm³/mol. The first-order chi connectivity index (χ1) is 8.25. The van der Waals surface area contributed by atoms with Crippen molar-refractivity contribution < 1.29 is 56.7 Å². The summed E-state index contributed by atoms with van der Waals surface area (Å²) in [5, 5.41) is -14.3. The normalized spacial score (nSPS) is 16.4. The van der Waals surface area contributed by atoms with Crippen LogP contribution in [-0.4, -0.2) is 36.9 Å². The molecule has 0 unspecified atom stereocenters. The van der Waals surface area contributed by atoms with Crippen LogP contribution in [0.4, 0.5) is 48.3 Å². The van der Waals surface area contributed by atoms with Crippen molar-refractivity contribution >= 4 is 9.84 Å². The van der Waals surface area contributed by atoms with Gasteiger partial charge in [-0.2, -0.15) is 48.3 Å². The van der Waals surface area contributed by atoms with E-state index in [1.165, 1.54) is 0 Å². The van der Waals surface area contributed by atoms with Gasteiger partial charge < -0.3 is 0 Å². The van der Waals surface area contributed by atoms with Crippen molar-refractivity contribution in [1.82, 2.24) is 0 Å². The first kappa shape index (κ1) is 19.2. The maximum atomic E-state index is 12.6. The van der Waals surface area contributed by atoms with Gasteiger partial charge in [0, 0.05) is 6.92 Å². The van der Waals surface area contributed by atoms with Crippen LogP contribution in [0.3, 0.4) is 0 Å². The van der Waals surface area contributed by atoms with Crippen molar-refractivity contribution in [3.63, 3.8) is 0 Å². The highest BCUT2D eigenvalue weighted by Crippen LogP contribution is 2.54. The molecule has 122 valence electrons. The topological polar surface area (TPSA) is 34.1 Å².